The molecule has 0 amide bonds. The van der Waals surface area contributed by atoms with Crippen molar-refractivity contribution in [2.24, 2.45) is 0 Å². The molecule has 1 heterocycles. The van der Waals surface area contributed by atoms with Gasteiger partial charge in [-0.05, 0) is 12.5 Å². The number of benzene rings is 1. The Hall–Kier alpha value is -1.86. The summed E-state index contributed by atoms with van der Waals surface area (Å²) < 4.78 is 4.73. The van der Waals surface area contributed by atoms with Crippen molar-refractivity contribution in [3.05, 3.63) is 56.5 Å². The van der Waals surface area contributed by atoms with Crippen LogP contribution in [-0.4, -0.2) is 18.0 Å². The number of nitrogens with zero attached hydrogens (tertiary/aromatic N) is 1. The fourth-order valence-electron chi connectivity index (χ4n) is 1.83. The van der Waals surface area contributed by atoms with Gasteiger partial charge < -0.3 is 4.74 Å². The van der Waals surface area contributed by atoms with Crippen molar-refractivity contribution in [1.29, 1.82) is 0 Å². The molecule has 0 bridgehead atoms. The van der Waals surface area contributed by atoms with Crippen LogP contribution < -0.4 is 0 Å². The molecule has 1 aromatic heterocycles. The Balaban J connectivity index is 2.35. The number of thiophene rings is 1. The zero-order valence-corrected chi connectivity index (χ0v) is 13.1. The fourth-order valence-corrected chi connectivity index (χ4v) is 4.13. The molecule has 2 aromatic rings. The number of carbonyl (C=O) groups excluding carboxylic acids is 1. The minimum atomic E-state index is -0.535. The van der Waals surface area contributed by atoms with Crippen LogP contribution in [0.25, 0.3) is 0 Å². The zero-order valence-electron chi connectivity index (χ0n) is 11.5. The molecule has 5 nitrogen and oxygen atoms in total. The number of hydrogen-bond donors (Lipinski definition) is 0. The third-order valence-electron chi connectivity index (χ3n) is 2.80. The molecular weight excluding hydrogens is 310 g/mol. The highest BCUT2D eigenvalue weighted by Gasteiger charge is 2.29. The average molecular weight is 323 g/mol. The highest BCUT2D eigenvalue weighted by molar-refractivity contribution is 7.99. The van der Waals surface area contributed by atoms with E-state index < -0.39 is 10.9 Å². The van der Waals surface area contributed by atoms with E-state index >= 15 is 0 Å². The molecule has 0 atom stereocenters. The predicted octanol–water partition coefficient (Wildman–Crippen LogP) is 4.04. The lowest BCUT2D eigenvalue weighted by Crippen LogP contribution is -2.03. The van der Waals surface area contributed by atoms with Crippen molar-refractivity contribution in [2.45, 2.75) is 17.6 Å². The van der Waals surface area contributed by atoms with Crippen molar-refractivity contribution < 1.29 is 14.5 Å². The van der Waals surface area contributed by atoms with Crippen molar-refractivity contribution in [3.8, 4) is 0 Å². The molecule has 0 fully saturated rings. The predicted molar refractivity (Wildman–Crippen MR) is 83.1 cm³/mol. The van der Waals surface area contributed by atoms with E-state index in [1.165, 1.54) is 18.9 Å². The van der Waals surface area contributed by atoms with Gasteiger partial charge >= 0.3 is 11.0 Å². The van der Waals surface area contributed by atoms with Gasteiger partial charge in [-0.2, -0.15) is 0 Å². The molecule has 0 saturated carbocycles. The quantitative estimate of drug-likeness (QED) is 0.359. The molecule has 1 aromatic carbocycles. The third-order valence-corrected chi connectivity index (χ3v) is 5.15. The second-order valence-electron chi connectivity index (χ2n) is 4.19. The van der Waals surface area contributed by atoms with E-state index in [0.29, 0.717) is 21.1 Å². The molecular formula is C14H13NO4S2. The topological polar surface area (TPSA) is 69.4 Å². The van der Waals surface area contributed by atoms with E-state index in [2.05, 4.69) is 0 Å². The van der Waals surface area contributed by atoms with E-state index in [1.807, 2.05) is 30.3 Å². The van der Waals surface area contributed by atoms with Gasteiger partial charge in [0.25, 0.3) is 0 Å². The second kappa shape index (κ2) is 6.73. The fraction of sp³-hybridized carbons (Fsp3) is 0.214. The lowest BCUT2D eigenvalue weighted by molar-refractivity contribution is -0.382. The van der Waals surface area contributed by atoms with Gasteiger partial charge in [0.1, 0.15) is 4.90 Å². The van der Waals surface area contributed by atoms with Gasteiger partial charge in [0.15, 0.2) is 0 Å². The molecule has 110 valence electrons. The first-order valence-corrected chi connectivity index (χ1v) is 7.87. The number of hydrogen-bond acceptors (Lipinski definition) is 6. The minimum absolute atomic E-state index is 0.00571. The Morgan fingerprint density at radius 1 is 1.38 bits per heavy atom. The van der Waals surface area contributed by atoms with Crippen LogP contribution in [0.15, 0.2) is 35.2 Å². The van der Waals surface area contributed by atoms with Crippen molar-refractivity contribution in [3.63, 3.8) is 0 Å². The van der Waals surface area contributed by atoms with Crippen LogP contribution in [-0.2, 0) is 10.5 Å². The van der Waals surface area contributed by atoms with Gasteiger partial charge in [0, 0.05) is 10.6 Å². The summed E-state index contributed by atoms with van der Waals surface area (Å²) in [6, 6.07) is 9.60. The lowest BCUT2D eigenvalue weighted by atomic mass is 10.2. The molecule has 0 saturated heterocycles. The number of nitro groups is 1. The van der Waals surface area contributed by atoms with Gasteiger partial charge in [-0.15, -0.1) is 11.8 Å². The largest absolute Gasteiger partial charge is 0.465 e. The van der Waals surface area contributed by atoms with Crippen molar-refractivity contribution in [1.82, 2.24) is 0 Å². The van der Waals surface area contributed by atoms with E-state index in [1.54, 1.807) is 6.92 Å². The Morgan fingerprint density at radius 2 is 2.05 bits per heavy atom. The maximum atomic E-state index is 11.9. The number of thioether (sulfide) groups is 1. The van der Waals surface area contributed by atoms with Crippen molar-refractivity contribution >= 4 is 34.1 Å². The normalized spacial score (nSPS) is 10.4. The van der Waals surface area contributed by atoms with E-state index in [-0.39, 0.29) is 5.00 Å². The highest BCUT2D eigenvalue weighted by Crippen LogP contribution is 2.42. The van der Waals surface area contributed by atoms with Gasteiger partial charge in [-0.25, -0.2) is 4.79 Å². The highest BCUT2D eigenvalue weighted by atomic mass is 32.2. The van der Waals surface area contributed by atoms with Crippen LogP contribution in [0.1, 0.15) is 20.8 Å². The molecule has 0 N–H and O–H groups in total. The van der Waals surface area contributed by atoms with E-state index in [4.69, 9.17) is 4.74 Å². The molecule has 0 aliphatic carbocycles. The monoisotopic (exact) mass is 323 g/mol. The Kier molecular flexibility index (Phi) is 4.98. The number of carbonyl (C=O) groups is 1. The van der Waals surface area contributed by atoms with Crippen LogP contribution in [0, 0.1) is 17.0 Å². The summed E-state index contributed by atoms with van der Waals surface area (Å²) in [5.41, 5.74) is 1.34. The zero-order chi connectivity index (χ0) is 15.4. The molecule has 21 heavy (non-hydrogen) atoms. The van der Waals surface area contributed by atoms with Gasteiger partial charge in [0.05, 0.1) is 17.6 Å². The number of aryl methyl sites for hydroxylation is 1. The SMILES string of the molecule is COC(=O)c1c(C)sc([N+](=O)[O-])c1SCc1ccccc1. The minimum Gasteiger partial charge on any atom is -0.465 e. The first kappa shape index (κ1) is 15.5. The van der Waals surface area contributed by atoms with Crippen LogP contribution in [0.3, 0.4) is 0 Å². The first-order valence-electron chi connectivity index (χ1n) is 6.07. The molecule has 7 heteroatoms. The van der Waals surface area contributed by atoms with E-state index in [9.17, 15) is 14.9 Å². The molecule has 0 aliphatic heterocycles. The van der Waals surface area contributed by atoms with E-state index in [0.717, 1.165) is 16.9 Å². The Labute approximate surface area is 130 Å². The summed E-state index contributed by atoms with van der Waals surface area (Å²) >= 11 is 2.29. The molecule has 0 spiro atoms. The second-order valence-corrected chi connectivity index (χ2v) is 6.38. The third kappa shape index (κ3) is 3.43. The maximum absolute atomic E-state index is 11.9. The molecule has 0 aliphatic rings. The van der Waals surface area contributed by atoms with Crippen LogP contribution in [0.5, 0.6) is 0 Å². The Bertz CT molecular complexity index is 667. The number of esters is 1. The maximum Gasteiger partial charge on any atom is 0.340 e. The number of methoxy groups -OCH3 is 1. The summed E-state index contributed by atoms with van der Waals surface area (Å²) in [5, 5.41) is 11.2. The molecule has 0 radical (unpaired) electrons. The average Bonchev–Trinajstić information content (AvgIpc) is 2.82. The standard InChI is InChI=1S/C14H13NO4S2/c1-9-11(14(16)19-2)12(13(21-9)15(17)18)20-8-10-6-4-3-5-7-10/h3-7H,8H2,1-2H3. The summed E-state index contributed by atoms with van der Waals surface area (Å²) in [7, 11) is 1.27. The number of rotatable bonds is 5. The molecule has 0 unspecified atom stereocenters. The van der Waals surface area contributed by atoms with Crippen molar-refractivity contribution in [2.75, 3.05) is 7.11 Å². The smallest absolute Gasteiger partial charge is 0.340 e. The van der Waals surface area contributed by atoms with Crippen LogP contribution in [0.2, 0.25) is 0 Å². The summed E-state index contributed by atoms with van der Waals surface area (Å²) in [6.07, 6.45) is 0. The first-order chi connectivity index (χ1) is 10.0. The molecule has 2 rings (SSSR count). The van der Waals surface area contributed by atoms with Crippen LogP contribution in [0.4, 0.5) is 5.00 Å². The van der Waals surface area contributed by atoms with Crippen LogP contribution >= 0.6 is 23.1 Å². The van der Waals surface area contributed by atoms with Gasteiger partial charge in [0.2, 0.25) is 0 Å². The summed E-state index contributed by atoms with van der Waals surface area (Å²) in [5.74, 6) is 0.0226. The Morgan fingerprint density at radius 3 is 2.62 bits per heavy atom. The summed E-state index contributed by atoms with van der Waals surface area (Å²) in [6.45, 7) is 1.69. The van der Waals surface area contributed by atoms with Gasteiger partial charge in [-0.3, -0.25) is 10.1 Å². The number of ether oxygens (including phenoxy) is 1. The van der Waals surface area contributed by atoms with Gasteiger partial charge in [-0.1, -0.05) is 41.7 Å². The summed E-state index contributed by atoms with van der Waals surface area (Å²) in [4.78, 5) is 23.6. The lowest BCUT2D eigenvalue weighted by Gasteiger charge is -2.04.